The number of aryl methyl sites for hydroxylation is 2. The highest BCUT2D eigenvalue weighted by Crippen LogP contribution is 2.14. The second kappa shape index (κ2) is 8.71. The Morgan fingerprint density at radius 3 is 2.17 bits per heavy atom. The Hall–Kier alpha value is -2.04. The minimum atomic E-state index is -0.0116. The number of carbonyl (C=O) groups excluding carboxylic acids is 1. The molecule has 1 aromatic carbocycles. The van der Waals surface area contributed by atoms with Gasteiger partial charge in [0.2, 0.25) is 5.91 Å². The number of hydrogen-bond donors (Lipinski definition) is 0. The van der Waals surface area contributed by atoms with Crippen LogP contribution in [-0.2, 0) is 17.9 Å². The molecule has 0 aliphatic heterocycles. The number of benzene rings is 1. The van der Waals surface area contributed by atoms with Crippen molar-refractivity contribution in [1.29, 1.82) is 0 Å². The summed E-state index contributed by atoms with van der Waals surface area (Å²) in [6, 6.07) is 7.83. The Balaban J connectivity index is 2.19. The molecule has 0 saturated heterocycles. The summed E-state index contributed by atoms with van der Waals surface area (Å²) in [5.41, 5.74) is 1.86. The van der Waals surface area contributed by atoms with E-state index in [4.69, 9.17) is 0 Å². The molecule has 0 aliphatic rings. The average molecular weight is 331 g/mol. The van der Waals surface area contributed by atoms with Gasteiger partial charge in [0, 0.05) is 32.6 Å². The lowest BCUT2D eigenvalue weighted by molar-refractivity contribution is -0.131. The van der Waals surface area contributed by atoms with Crippen LogP contribution >= 0.6 is 0 Å². The van der Waals surface area contributed by atoms with Gasteiger partial charge in [-0.2, -0.15) is 0 Å². The fourth-order valence-corrected chi connectivity index (χ4v) is 3.10. The van der Waals surface area contributed by atoms with Crippen LogP contribution in [0.2, 0.25) is 0 Å². The van der Waals surface area contributed by atoms with Gasteiger partial charge in [0.05, 0.1) is 11.0 Å². The minimum Gasteiger partial charge on any atom is -0.343 e. The molecule has 1 heterocycles. The highest BCUT2D eigenvalue weighted by molar-refractivity contribution is 5.78. The van der Waals surface area contributed by atoms with Crippen LogP contribution in [0.4, 0.5) is 0 Å². The first-order valence-electron chi connectivity index (χ1n) is 9.09. The monoisotopic (exact) mass is 331 g/mol. The molecule has 0 spiro atoms. The van der Waals surface area contributed by atoms with Crippen molar-refractivity contribution >= 4 is 16.9 Å². The van der Waals surface area contributed by atoms with Crippen molar-refractivity contribution in [2.45, 2.75) is 59.5 Å². The first-order chi connectivity index (χ1) is 11.6. The molecule has 2 aromatic rings. The van der Waals surface area contributed by atoms with Crippen molar-refractivity contribution in [3.63, 3.8) is 0 Å². The van der Waals surface area contributed by atoms with E-state index in [-0.39, 0.29) is 11.6 Å². The first-order valence-corrected chi connectivity index (χ1v) is 9.09. The molecule has 5 heteroatoms. The second-order valence-corrected chi connectivity index (χ2v) is 6.15. The lowest BCUT2D eigenvalue weighted by Gasteiger charge is -2.20. The summed E-state index contributed by atoms with van der Waals surface area (Å²) < 4.78 is 3.56. The Labute approximate surface area is 143 Å². The van der Waals surface area contributed by atoms with Crippen LogP contribution in [0.25, 0.3) is 11.0 Å². The van der Waals surface area contributed by atoms with Crippen molar-refractivity contribution < 1.29 is 4.79 Å². The molecular formula is C19H29N3O2. The molecule has 132 valence electrons. The summed E-state index contributed by atoms with van der Waals surface area (Å²) in [7, 11) is 0. The lowest BCUT2D eigenvalue weighted by Crippen LogP contribution is -2.33. The van der Waals surface area contributed by atoms with Crippen molar-refractivity contribution in [3.8, 4) is 0 Å². The lowest BCUT2D eigenvalue weighted by atomic mass is 10.2. The van der Waals surface area contributed by atoms with Gasteiger partial charge in [-0.1, -0.05) is 32.4 Å². The van der Waals surface area contributed by atoms with Gasteiger partial charge < -0.3 is 4.90 Å². The first kappa shape index (κ1) is 18.3. The maximum Gasteiger partial charge on any atom is 0.329 e. The summed E-state index contributed by atoms with van der Waals surface area (Å²) in [4.78, 5) is 27.0. The van der Waals surface area contributed by atoms with E-state index in [1.165, 1.54) is 0 Å². The van der Waals surface area contributed by atoms with Crippen LogP contribution in [0, 0.1) is 0 Å². The van der Waals surface area contributed by atoms with Crippen LogP contribution in [0.5, 0.6) is 0 Å². The van der Waals surface area contributed by atoms with Gasteiger partial charge in [0.25, 0.3) is 0 Å². The molecule has 1 amide bonds. The maximum absolute atomic E-state index is 12.7. The van der Waals surface area contributed by atoms with E-state index < -0.39 is 0 Å². The van der Waals surface area contributed by atoms with Gasteiger partial charge in [-0.25, -0.2) is 4.79 Å². The maximum atomic E-state index is 12.7. The molecule has 24 heavy (non-hydrogen) atoms. The number of rotatable bonds is 9. The van der Waals surface area contributed by atoms with Gasteiger partial charge in [-0.05, 0) is 31.9 Å². The van der Waals surface area contributed by atoms with Gasteiger partial charge in [-0.15, -0.1) is 0 Å². The SMILES string of the molecule is CCCCN(CC)C(=O)CCn1c(=O)n(CCC)c2ccccc21. The van der Waals surface area contributed by atoms with Crippen molar-refractivity contribution in [3.05, 3.63) is 34.7 Å². The summed E-state index contributed by atoms with van der Waals surface area (Å²) in [5.74, 6) is 0.130. The number of amides is 1. The third kappa shape index (κ3) is 3.89. The Kier molecular flexibility index (Phi) is 6.64. The fourth-order valence-electron chi connectivity index (χ4n) is 3.10. The number of carbonyl (C=O) groups is 1. The van der Waals surface area contributed by atoms with Crippen LogP contribution in [-0.4, -0.2) is 33.0 Å². The highest BCUT2D eigenvalue weighted by atomic mass is 16.2. The van der Waals surface area contributed by atoms with Gasteiger partial charge in [-0.3, -0.25) is 13.9 Å². The molecule has 0 fully saturated rings. The highest BCUT2D eigenvalue weighted by Gasteiger charge is 2.15. The average Bonchev–Trinajstić information content (AvgIpc) is 2.86. The molecule has 0 saturated carbocycles. The van der Waals surface area contributed by atoms with Crippen molar-refractivity contribution in [1.82, 2.24) is 14.0 Å². The van der Waals surface area contributed by atoms with E-state index in [2.05, 4.69) is 13.8 Å². The predicted octanol–water partition coefficient (Wildman–Crippen LogP) is 3.25. The molecule has 0 unspecified atom stereocenters. The normalized spacial score (nSPS) is 11.1. The zero-order valence-corrected chi connectivity index (χ0v) is 15.1. The zero-order chi connectivity index (χ0) is 17.5. The smallest absolute Gasteiger partial charge is 0.329 e. The van der Waals surface area contributed by atoms with Crippen molar-refractivity contribution in [2.75, 3.05) is 13.1 Å². The number of aromatic nitrogens is 2. The molecular weight excluding hydrogens is 302 g/mol. The van der Waals surface area contributed by atoms with E-state index in [0.717, 1.165) is 43.4 Å². The number of hydrogen-bond acceptors (Lipinski definition) is 2. The second-order valence-electron chi connectivity index (χ2n) is 6.15. The standard InChI is InChI=1S/C19H29N3O2/c1-4-7-14-20(6-3)18(23)12-15-22-17-11-9-8-10-16(17)21(13-5-2)19(22)24/h8-11H,4-7,12-15H2,1-3H3. The van der Waals surface area contributed by atoms with E-state index in [9.17, 15) is 9.59 Å². The number of unbranched alkanes of at least 4 members (excludes halogenated alkanes) is 1. The molecule has 1 aromatic heterocycles. The van der Waals surface area contributed by atoms with Gasteiger partial charge in [0.15, 0.2) is 0 Å². The molecule has 0 aliphatic carbocycles. The Morgan fingerprint density at radius 1 is 1.00 bits per heavy atom. The molecule has 0 radical (unpaired) electrons. The largest absolute Gasteiger partial charge is 0.343 e. The molecule has 0 atom stereocenters. The molecule has 0 bridgehead atoms. The molecule has 5 nitrogen and oxygen atoms in total. The number of nitrogens with zero attached hydrogens (tertiary/aromatic N) is 3. The topological polar surface area (TPSA) is 47.2 Å². The number of fused-ring (bicyclic) bond motifs is 1. The summed E-state index contributed by atoms with van der Waals surface area (Å²) in [6.45, 7) is 8.88. The van der Waals surface area contributed by atoms with Crippen LogP contribution in [0.15, 0.2) is 29.1 Å². The Bertz CT molecular complexity index is 730. The van der Waals surface area contributed by atoms with E-state index >= 15 is 0 Å². The quantitative estimate of drug-likeness (QED) is 0.708. The van der Waals surface area contributed by atoms with Crippen LogP contribution < -0.4 is 5.69 Å². The number of imidazole rings is 1. The molecule has 0 N–H and O–H groups in total. The predicted molar refractivity (Wildman–Crippen MR) is 98.3 cm³/mol. The Morgan fingerprint density at radius 2 is 1.62 bits per heavy atom. The fraction of sp³-hybridized carbons (Fsp3) is 0.579. The van der Waals surface area contributed by atoms with Crippen LogP contribution in [0.3, 0.4) is 0 Å². The third-order valence-corrected chi connectivity index (χ3v) is 4.44. The van der Waals surface area contributed by atoms with E-state index in [1.54, 1.807) is 4.57 Å². The summed E-state index contributed by atoms with van der Waals surface area (Å²) in [6.07, 6.45) is 3.38. The summed E-state index contributed by atoms with van der Waals surface area (Å²) in [5, 5.41) is 0. The van der Waals surface area contributed by atoms with E-state index in [0.29, 0.717) is 19.5 Å². The minimum absolute atomic E-state index is 0.0116. The van der Waals surface area contributed by atoms with Gasteiger partial charge >= 0.3 is 5.69 Å². The van der Waals surface area contributed by atoms with Crippen molar-refractivity contribution in [2.24, 2.45) is 0 Å². The zero-order valence-electron chi connectivity index (χ0n) is 15.1. The van der Waals surface area contributed by atoms with Crippen LogP contribution in [0.1, 0.15) is 46.5 Å². The van der Waals surface area contributed by atoms with Gasteiger partial charge in [0.1, 0.15) is 0 Å². The third-order valence-electron chi connectivity index (χ3n) is 4.44. The summed E-state index contributed by atoms with van der Waals surface area (Å²) >= 11 is 0. The van der Waals surface area contributed by atoms with E-state index in [1.807, 2.05) is 40.7 Å². The molecule has 2 rings (SSSR count). The number of para-hydroxylation sites is 2.